The third kappa shape index (κ3) is 2.30. The standard InChI is InChI=1S/C11H14IN3/c1-11(2,3)7-15-8-5-4-6-13-9(8)10(12)14-15/h4-6H,7H2,1-3H3. The Kier molecular flexibility index (Phi) is 2.70. The lowest BCUT2D eigenvalue weighted by atomic mass is 9.97. The van der Waals surface area contributed by atoms with Crippen LogP contribution in [0, 0.1) is 9.12 Å². The van der Waals surface area contributed by atoms with Gasteiger partial charge >= 0.3 is 0 Å². The van der Waals surface area contributed by atoms with Crippen LogP contribution in [0.25, 0.3) is 11.0 Å². The third-order valence-corrected chi connectivity index (χ3v) is 2.82. The van der Waals surface area contributed by atoms with Gasteiger partial charge in [-0.25, -0.2) is 0 Å². The number of nitrogens with zero attached hydrogens (tertiary/aromatic N) is 3. The van der Waals surface area contributed by atoms with Crippen LogP contribution in [-0.2, 0) is 6.54 Å². The topological polar surface area (TPSA) is 30.7 Å². The van der Waals surface area contributed by atoms with E-state index in [-0.39, 0.29) is 5.41 Å². The molecule has 0 N–H and O–H groups in total. The Balaban J connectivity index is 2.53. The number of hydrogen-bond acceptors (Lipinski definition) is 2. The van der Waals surface area contributed by atoms with Crippen molar-refractivity contribution in [3.05, 3.63) is 22.0 Å². The molecule has 0 fully saturated rings. The molecule has 0 bridgehead atoms. The van der Waals surface area contributed by atoms with E-state index >= 15 is 0 Å². The first-order chi connectivity index (χ1) is 6.97. The first-order valence-corrected chi connectivity index (χ1v) is 6.02. The monoisotopic (exact) mass is 315 g/mol. The largest absolute Gasteiger partial charge is 0.262 e. The zero-order chi connectivity index (χ0) is 11.1. The van der Waals surface area contributed by atoms with Crippen molar-refractivity contribution in [2.24, 2.45) is 5.41 Å². The quantitative estimate of drug-likeness (QED) is 0.757. The van der Waals surface area contributed by atoms with Gasteiger partial charge in [0.1, 0.15) is 9.22 Å². The minimum atomic E-state index is 0.234. The summed E-state index contributed by atoms with van der Waals surface area (Å²) in [4.78, 5) is 4.34. The minimum absolute atomic E-state index is 0.234. The summed E-state index contributed by atoms with van der Waals surface area (Å²) in [5.74, 6) is 0. The molecule has 15 heavy (non-hydrogen) atoms. The fraction of sp³-hybridized carbons (Fsp3) is 0.455. The van der Waals surface area contributed by atoms with E-state index in [1.54, 1.807) is 0 Å². The summed E-state index contributed by atoms with van der Waals surface area (Å²) >= 11 is 2.24. The van der Waals surface area contributed by atoms with Gasteiger partial charge < -0.3 is 0 Å². The van der Waals surface area contributed by atoms with Gasteiger partial charge in [0, 0.05) is 12.7 Å². The molecule has 0 unspecified atom stereocenters. The second-order valence-corrected chi connectivity index (χ2v) is 5.90. The second-order valence-electron chi connectivity index (χ2n) is 4.88. The molecule has 0 aromatic carbocycles. The van der Waals surface area contributed by atoms with Gasteiger partial charge in [-0.2, -0.15) is 5.10 Å². The minimum Gasteiger partial charge on any atom is -0.262 e. The van der Waals surface area contributed by atoms with Crippen molar-refractivity contribution >= 4 is 33.6 Å². The van der Waals surface area contributed by atoms with E-state index in [4.69, 9.17) is 0 Å². The second kappa shape index (κ2) is 3.73. The summed E-state index contributed by atoms with van der Waals surface area (Å²) in [6.45, 7) is 7.55. The molecule has 0 aliphatic heterocycles. The number of halogens is 1. The van der Waals surface area contributed by atoms with Crippen LogP contribution in [0.15, 0.2) is 18.3 Å². The predicted octanol–water partition coefficient (Wildman–Crippen LogP) is 3.08. The summed E-state index contributed by atoms with van der Waals surface area (Å²) in [7, 11) is 0. The maximum absolute atomic E-state index is 4.52. The molecule has 2 heterocycles. The summed E-state index contributed by atoms with van der Waals surface area (Å²) in [6, 6.07) is 4.03. The Labute approximate surface area is 103 Å². The molecule has 0 radical (unpaired) electrons. The van der Waals surface area contributed by atoms with Crippen molar-refractivity contribution in [3.8, 4) is 0 Å². The van der Waals surface area contributed by atoms with Crippen LogP contribution in [0.3, 0.4) is 0 Å². The van der Waals surface area contributed by atoms with Crippen LogP contribution in [0.1, 0.15) is 20.8 Å². The molecule has 2 aromatic rings. The van der Waals surface area contributed by atoms with Gasteiger partial charge in [0.05, 0.1) is 5.52 Å². The van der Waals surface area contributed by atoms with E-state index in [0.29, 0.717) is 0 Å². The van der Waals surface area contributed by atoms with Crippen LogP contribution in [0.5, 0.6) is 0 Å². The van der Waals surface area contributed by atoms with Crippen molar-refractivity contribution in [3.63, 3.8) is 0 Å². The number of pyridine rings is 1. The molecule has 2 rings (SSSR count). The Morgan fingerprint density at radius 1 is 1.40 bits per heavy atom. The first-order valence-electron chi connectivity index (χ1n) is 4.94. The number of hydrogen-bond donors (Lipinski definition) is 0. The van der Waals surface area contributed by atoms with Crippen molar-refractivity contribution in [1.82, 2.24) is 14.8 Å². The Hall–Kier alpha value is -0.650. The Bertz CT molecular complexity index is 482. The van der Waals surface area contributed by atoms with E-state index in [2.05, 4.69) is 59.5 Å². The fourth-order valence-electron chi connectivity index (χ4n) is 1.54. The van der Waals surface area contributed by atoms with E-state index in [1.165, 1.54) is 0 Å². The van der Waals surface area contributed by atoms with Crippen molar-refractivity contribution < 1.29 is 0 Å². The zero-order valence-electron chi connectivity index (χ0n) is 9.16. The number of fused-ring (bicyclic) bond motifs is 1. The smallest absolute Gasteiger partial charge is 0.149 e. The molecule has 0 atom stereocenters. The van der Waals surface area contributed by atoms with E-state index in [0.717, 1.165) is 21.3 Å². The van der Waals surface area contributed by atoms with Gasteiger partial charge in [-0.05, 0) is 40.1 Å². The van der Waals surface area contributed by atoms with Crippen LogP contribution in [0.2, 0.25) is 0 Å². The highest BCUT2D eigenvalue weighted by Gasteiger charge is 2.15. The molecule has 0 saturated heterocycles. The van der Waals surface area contributed by atoms with E-state index in [1.807, 2.05) is 16.9 Å². The molecule has 2 aromatic heterocycles. The van der Waals surface area contributed by atoms with E-state index < -0.39 is 0 Å². The van der Waals surface area contributed by atoms with Gasteiger partial charge in [-0.3, -0.25) is 9.67 Å². The average Bonchev–Trinajstić information content (AvgIpc) is 2.42. The summed E-state index contributed by atoms with van der Waals surface area (Å²) in [6.07, 6.45) is 1.81. The lowest BCUT2D eigenvalue weighted by Crippen LogP contribution is -2.16. The molecule has 80 valence electrons. The lowest BCUT2D eigenvalue weighted by molar-refractivity contribution is 0.330. The van der Waals surface area contributed by atoms with Gasteiger partial charge in [0.25, 0.3) is 0 Å². The third-order valence-electron chi connectivity index (χ3n) is 2.09. The molecule has 0 aliphatic rings. The van der Waals surface area contributed by atoms with Crippen molar-refractivity contribution in [2.45, 2.75) is 27.3 Å². The molecule has 0 saturated carbocycles. The first kappa shape index (κ1) is 10.9. The fourth-order valence-corrected chi connectivity index (χ4v) is 2.22. The molecular weight excluding hydrogens is 301 g/mol. The van der Waals surface area contributed by atoms with Gasteiger partial charge in [-0.1, -0.05) is 20.8 Å². The van der Waals surface area contributed by atoms with Crippen LogP contribution < -0.4 is 0 Å². The maximum atomic E-state index is 4.52. The number of aromatic nitrogens is 3. The van der Waals surface area contributed by atoms with Crippen LogP contribution >= 0.6 is 22.6 Å². The molecule has 0 aliphatic carbocycles. The van der Waals surface area contributed by atoms with Gasteiger partial charge in [-0.15, -0.1) is 0 Å². The molecule has 0 amide bonds. The van der Waals surface area contributed by atoms with E-state index in [9.17, 15) is 0 Å². The predicted molar refractivity (Wildman–Crippen MR) is 69.7 cm³/mol. The summed E-state index contributed by atoms with van der Waals surface area (Å²) in [5, 5.41) is 4.52. The highest BCUT2D eigenvalue weighted by molar-refractivity contribution is 14.1. The molecule has 3 nitrogen and oxygen atoms in total. The molecular formula is C11H14IN3. The van der Waals surface area contributed by atoms with Crippen molar-refractivity contribution in [1.29, 1.82) is 0 Å². The zero-order valence-corrected chi connectivity index (χ0v) is 11.3. The lowest BCUT2D eigenvalue weighted by Gasteiger charge is -2.18. The van der Waals surface area contributed by atoms with Crippen molar-refractivity contribution in [2.75, 3.05) is 0 Å². The highest BCUT2D eigenvalue weighted by atomic mass is 127. The average molecular weight is 315 g/mol. The summed E-state index contributed by atoms with van der Waals surface area (Å²) < 4.78 is 3.02. The van der Waals surface area contributed by atoms with Crippen LogP contribution in [-0.4, -0.2) is 14.8 Å². The Morgan fingerprint density at radius 3 is 2.80 bits per heavy atom. The SMILES string of the molecule is CC(C)(C)Cn1nc(I)c2ncccc21. The Morgan fingerprint density at radius 2 is 2.13 bits per heavy atom. The van der Waals surface area contributed by atoms with Crippen LogP contribution in [0.4, 0.5) is 0 Å². The highest BCUT2D eigenvalue weighted by Crippen LogP contribution is 2.22. The van der Waals surface area contributed by atoms with Gasteiger partial charge in [0.2, 0.25) is 0 Å². The van der Waals surface area contributed by atoms with Gasteiger partial charge in [0.15, 0.2) is 0 Å². The maximum Gasteiger partial charge on any atom is 0.149 e. The summed E-state index contributed by atoms with van der Waals surface area (Å²) in [5.41, 5.74) is 2.36. The molecule has 4 heteroatoms. The molecule has 0 spiro atoms. The number of rotatable bonds is 1. The normalized spacial score (nSPS) is 12.3.